The standard InChI is InChI=1S/C16H22N4/c1-16(2,3)20-7-4-5-14-9-13(10-18-15(14)20)11-19-8-6-17-12-19/h6,8-10,12H,4-5,7,11H2,1-3H3. The molecule has 3 heterocycles. The lowest BCUT2D eigenvalue weighted by Crippen LogP contribution is -2.45. The third kappa shape index (κ3) is 2.55. The summed E-state index contributed by atoms with van der Waals surface area (Å²) in [5.74, 6) is 1.16. The molecule has 106 valence electrons. The van der Waals surface area contributed by atoms with Gasteiger partial charge in [-0.25, -0.2) is 9.97 Å². The number of pyridine rings is 1. The quantitative estimate of drug-likeness (QED) is 0.841. The Morgan fingerprint density at radius 2 is 2.15 bits per heavy atom. The molecule has 1 aliphatic heterocycles. The molecule has 0 atom stereocenters. The molecule has 20 heavy (non-hydrogen) atoms. The summed E-state index contributed by atoms with van der Waals surface area (Å²) in [4.78, 5) is 11.2. The van der Waals surface area contributed by atoms with E-state index in [0.717, 1.165) is 25.3 Å². The van der Waals surface area contributed by atoms with Crippen LogP contribution < -0.4 is 4.90 Å². The molecule has 0 spiro atoms. The Kier molecular flexibility index (Phi) is 3.24. The molecular formula is C16H22N4. The van der Waals surface area contributed by atoms with Crippen molar-refractivity contribution in [3.8, 4) is 0 Å². The molecule has 0 radical (unpaired) electrons. The first-order valence-corrected chi connectivity index (χ1v) is 7.25. The van der Waals surface area contributed by atoms with Gasteiger partial charge in [-0.15, -0.1) is 0 Å². The van der Waals surface area contributed by atoms with E-state index in [4.69, 9.17) is 4.98 Å². The van der Waals surface area contributed by atoms with Gasteiger partial charge in [0.05, 0.1) is 12.9 Å². The first-order chi connectivity index (χ1) is 9.54. The highest BCUT2D eigenvalue weighted by Crippen LogP contribution is 2.31. The lowest BCUT2D eigenvalue weighted by Gasteiger charge is -2.40. The number of hydrogen-bond donors (Lipinski definition) is 0. The Labute approximate surface area is 120 Å². The van der Waals surface area contributed by atoms with Crippen molar-refractivity contribution < 1.29 is 0 Å². The molecule has 0 aromatic carbocycles. The molecule has 2 aromatic heterocycles. The Morgan fingerprint density at radius 1 is 1.30 bits per heavy atom. The molecular weight excluding hydrogens is 248 g/mol. The highest BCUT2D eigenvalue weighted by molar-refractivity contribution is 5.52. The lowest BCUT2D eigenvalue weighted by molar-refractivity contribution is 0.477. The summed E-state index contributed by atoms with van der Waals surface area (Å²) < 4.78 is 2.08. The number of aryl methyl sites for hydroxylation is 1. The van der Waals surface area contributed by atoms with Crippen molar-refractivity contribution in [3.05, 3.63) is 42.1 Å². The van der Waals surface area contributed by atoms with E-state index >= 15 is 0 Å². The fourth-order valence-electron chi connectivity index (χ4n) is 2.84. The first kappa shape index (κ1) is 13.2. The Balaban J connectivity index is 1.89. The smallest absolute Gasteiger partial charge is 0.132 e. The fraction of sp³-hybridized carbons (Fsp3) is 0.500. The molecule has 0 bridgehead atoms. The molecule has 4 heteroatoms. The second kappa shape index (κ2) is 4.93. The molecule has 0 amide bonds. The average molecular weight is 270 g/mol. The zero-order valence-electron chi connectivity index (χ0n) is 12.5. The van der Waals surface area contributed by atoms with Crippen molar-refractivity contribution in [2.45, 2.75) is 45.7 Å². The van der Waals surface area contributed by atoms with Gasteiger partial charge in [0.1, 0.15) is 5.82 Å². The Morgan fingerprint density at radius 3 is 2.85 bits per heavy atom. The van der Waals surface area contributed by atoms with E-state index in [1.54, 1.807) is 0 Å². The third-order valence-corrected chi connectivity index (χ3v) is 3.82. The van der Waals surface area contributed by atoms with Gasteiger partial charge in [0.2, 0.25) is 0 Å². The second-order valence-corrected chi connectivity index (χ2v) is 6.49. The minimum Gasteiger partial charge on any atom is -0.352 e. The van der Waals surface area contributed by atoms with E-state index < -0.39 is 0 Å². The molecule has 0 unspecified atom stereocenters. The molecule has 0 saturated heterocycles. The van der Waals surface area contributed by atoms with Crippen molar-refractivity contribution in [1.29, 1.82) is 0 Å². The van der Waals surface area contributed by atoms with Crippen LogP contribution in [0.4, 0.5) is 5.82 Å². The van der Waals surface area contributed by atoms with Crippen molar-refractivity contribution in [2.75, 3.05) is 11.4 Å². The van der Waals surface area contributed by atoms with Crippen LogP contribution in [-0.4, -0.2) is 26.6 Å². The highest BCUT2D eigenvalue weighted by Gasteiger charge is 2.27. The minimum absolute atomic E-state index is 0.133. The van der Waals surface area contributed by atoms with Crippen LogP contribution in [0.3, 0.4) is 0 Å². The van der Waals surface area contributed by atoms with Gasteiger partial charge in [-0.3, -0.25) is 0 Å². The summed E-state index contributed by atoms with van der Waals surface area (Å²) >= 11 is 0. The van der Waals surface area contributed by atoms with Gasteiger partial charge in [0.25, 0.3) is 0 Å². The average Bonchev–Trinajstić information content (AvgIpc) is 2.89. The van der Waals surface area contributed by atoms with Crippen LogP contribution >= 0.6 is 0 Å². The van der Waals surface area contributed by atoms with E-state index in [9.17, 15) is 0 Å². The maximum Gasteiger partial charge on any atom is 0.132 e. The van der Waals surface area contributed by atoms with Crippen LogP contribution in [0.15, 0.2) is 31.0 Å². The maximum atomic E-state index is 4.74. The lowest BCUT2D eigenvalue weighted by atomic mass is 9.97. The van der Waals surface area contributed by atoms with Crippen molar-refractivity contribution in [2.24, 2.45) is 0 Å². The molecule has 4 nitrogen and oxygen atoms in total. The van der Waals surface area contributed by atoms with Crippen LogP contribution in [0.5, 0.6) is 0 Å². The first-order valence-electron chi connectivity index (χ1n) is 7.25. The van der Waals surface area contributed by atoms with Crippen molar-refractivity contribution >= 4 is 5.82 Å². The van der Waals surface area contributed by atoms with E-state index in [0.29, 0.717) is 0 Å². The van der Waals surface area contributed by atoms with Gasteiger partial charge in [-0.2, -0.15) is 0 Å². The predicted molar refractivity (Wildman–Crippen MR) is 81.0 cm³/mol. The number of rotatable bonds is 2. The number of imidazole rings is 1. The van der Waals surface area contributed by atoms with Crippen molar-refractivity contribution in [1.82, 2.24) is 14.5 Å². The molecule has 3 rings (SSSR count). The van der Waals surface area contributed by atoms with Gasteiger partial charge >= 0.3 is 0 Å². The molecule has 2 aromatic rings. The summed E-state index contributed by atoms with van der Waals surface area (Å²) in [5.41, 5.74) is 2.76. The van der Waals surface area contributed by atoms with E-state index in [-0.39, 0.29) is 5.54 Å². The zero-order valence-corrected chi connectivity index (χ0v) is 12.5. The maximum absolute atomic E-state index is 4.74. The third-order valence-electron chi connectivity index (χ3n) is 3.82. The van der Waals surface area contributed by atoms with Crippen LogP contribution in [0.25, 0.3) is 0 Å². The van der Waals surface area contributed by atoms with Crippen LogP contribution in [0, 0.1) is 0 Å². The molecule has 0 N–H and O–H groups in total. The topological polar surface area (TPSA) is 34.0 Å². The van der Waals surface area contributed by atoms with Gasteiger partial charge in [-0.1, -0.05) is 0 Å². The van der Waals surface area contributed by atoms with E-state index in [1.165, 1.54) is 17.5 Å². The summed E-state index contributed by atoms with van der Waals surface area (Å²) in [7, 11) is 0. The monoisotopic (exact) mass is 270 g/mol. The van der Waals surface area contributed by atoms with Crippen LogP contribution in [0.2, 0.25) is 0 Å². The predicted octanol–water partition coefficient (Wildman–Crippen LogP) is 2.88. The molecule has 0 fully saturated rings. The van der Waals surface area contributed by atoms with Crippen LogP contribution in [0.1, 0.15) is 38.3 Å². The largest absolute Gasteiger partial charge is 0.352 e. The summed E-state index contributed by atoms with van der Waals surface area (Å²) in [6.07, 6.45) is 9.99. The van der Waals surface area contributed by atoms with Crippen LogP contribution in [-0.2, 0) is 13.0 Å². The molecule has 0 saturated carbocycles. The number of fused-ring (bicyclic) bond motifs is 1. The number of anilines is 1. The zero-order chi connectivity index (χ0) is 14.2. The van der Waals surface area contributed by atoms with Gasteiger partial charge in [0.15, 0.2) is 0 Å². The summed E-state index contributed by atoms with van der Waals surface area (Å²) in [6.45, 7) is 8.70. The molecule has 0 aliphatic carbocycles. The minimum atomic E-state index is 0.133. The number of nitrogens with zero attached hydrogens (tertiary/aromatic N) is 4. The number of aromatic nitrogens is 3. The fourth-order valence-corrected chi connectivity index (χ4v) is 2.84. The Bertz CT molecular complexity index is 581. The number of hydrogen-bond acceptors (Lipinski definition) is 3. The van der Waals surface area contributed by atoms with Gasteiger partial charge < -0.3 is 9.47 Å². The van der Waals surface area contributed by atoms with E-state index in [1.807, 2.05) is 24.9 Å². The second-order valence-electron chi connectivity index (χ2n) is 6.49. The highest BCUT2D eigenvalue weighted by atomic mass is 15.2. The molecule has 1 aliphatic rings. The van der Waals surface area contributed by atoms with Gasteiger partial charge in [-0.05, 0) is 50.8 Å². The SMILES string of the molecule is CC(C)(C)N1CCCc2cc(Cn3ccnc3)cnc21. The van der Waals surface area contributed by atoms with Crippen molar-refractivity contribution in [3.63, 3.8) is 0 Å². The summed E-state index contributed by atoms with van der Waals surface area (Å²) in [6, 6.07) is 2.31. The summed E-state index contributed by atoms with van der Waals surface area (Å²) in [5, 5.41) is 0. The van der Waals surface area contributed by atoms with Gasteiger partial charge in [0, 0.05) is 30.7 Å². The normalized spacial score (nSPS) is 15.2. The van der Waals surface area contributed by atoms with E-state index in [2.05, 4.69) is 41.3 Å². The Hall–Kier alpha value is -1.84.